The summed E-state index contributed by atoms with van der Waals surface area (Å²) in [6.07, 6.45) is 0.0661. The zero-order chi connectivity index (χ0) is 22.8. The fourth-order valence-electron chi connectivity index (χ4n) is 4.09. The molecule has 2 amide bonds. The van der Waals surface area contributed by atoms with Crippen LogP contribution in [-0.2, 0) is 11.3 Å². The molecule has 1 fully saturated rings. The van der Waals surface area contributed by atoms with Gasteiger partial charge < -0.3 is 15.0 Å². The maximum absolute atomic E-state index is 12.9. The first-order valence-corrected chi connectivity index (χ1v) is 11.5. The second-order valence-electron chi connectivity index (χ2n) is 8.32. The molecule has 2 unspecified atom stereocenters. The van der Waals surface area contributed by atoms with Gasteiger partial charge in [-0.3, -0.25) is 14.6 Å². The first kappa shape index (κ1) is 22.4. The van der Waals surface area contributed by atoms with Crippen molar-refractivity contribution in [3.63, 3.8) is 0 Å². The summed E-state index contributed by atoms with van der Waals surface area (Å²) in [6.45, 7) is 7.40. The monoisotopic (exact) mass is 495 g/mol. The van der Waals surface area contributed by atoms with Gasteiger partial charge in [0.1, 0.15) is 0 Å². The van der Waals surface area contributed by atoms with Crippen molar-refractivity contribution in [1.82, 2.24) is 15.2 Å². The van der Waals surface area contributed by atoms with Gasteiger partial charge in [-0.05, 0) is 62.7 Å². The zero-order valence-corrected chi connectivity index (χ0v) is 20.0. The Morgan fingerprint density at radius 3 is 2.47 bits per heavy atom. The number of benzene rings is 2. The molecule has 32 heavy (non-hydrogen) atoms. The number of aromatic nitrogens is 1. The summed E-state index contributed by atoms with van der Waals surface area (Å²) in [6, 6.07) is 14.9. The normalized spacial score (nSPS) is 18.6. The lowest BCUT2D eigenvalue weighted by Gasteiger charge is -2.35. The molecule has 0 bridgehead atoms. The summed E-state index contributed by atoms with van der Waals surface area (Å²) in [5.41, 5.74) is 3.74. The van der Waals surface area contributed by atoms with Gasteiger partial charge in [-0.25, -0.2) is 0 Å². The van der Waals surface area contributed by atoms with Crippen molar-refractivity contribution >= 4 is 38.6 Å². The number of halogens is 1. The Morgan fingerprint density at radius 1 is 1.09 bits per heavy atom. The smallest absolute Gasteiger partial charge is 0.254 e. The number of carbonyl (C=O) groups is 2. The first-order valence-electron chi connectivity index (χ1n) is 10.7. The molecule has 0 saturated carbocycles. The fraction of sp³-hybridized carbons (Fsp3) is 0.320. The highest BCUT2D eigenvalue weighted by molar-refractivity contribution is 9.10. The minimum absolute atomic E-state index is 0.00638. The number of pyridine rings is 1. The largest absolute Gasteiger partial charge is 0.372 e. The van der Waals surface area contributed by atoms with E-state index in [0.29, 0.717) is 30.8 Å². The van der Waals surface area contributed by atoms with Gasteiger partial charge in [0.25, 0.3) is 11.8 Å². The van der Waals surface area contributed by atoms with Crippen molar-refractivity contribution < 1.29 is 14.3 Å². The van der Waals surface area contributed by atoms with Gasteiger partial charge in [0.05, 0.1) is 23.3 Å². The summed E-state index contributed by atoms with van der Waals surface area (Å²) in [5, 5.41) is 3.79. The molecular formula is C25H26BrN3O3. The highest BCUT2D eigenvalue weighted by atomic mass is 79.9. The van der Waals surface area contributed by atoms with Crippen LogP contribution in [0.5, 0.6) is 0 Å². The molecule has 2 atom stereocenters. The van der Waals surface area contributed by atoms with Crippen molar-refractivity contribution in [2.75, 3.05) is 13.1 Å². The quantitative estimate of drug-likeness (QED) is 0.578. The molecule has 0 spiro atoms. The van der Waals surface area contributed by atoms with Gasteiger partial charge >= 0.3 is 0 Å². The van der Waals surface area contributed by atoms with Gasteiger partial charge in [0, 0.05) is 40.8 Å². The predicted octanol–water partition coefficient (Wildman–Crippen LogP) is 4.49. The summed E-state index contributed by atoms with van der Waals surface area (Å²) >= 11 is 3.47. The number of rotatable bonds is 4. The number of ether oxygens (including phenoxy) is 1. The summed E-state index contributed by atoms with van der Waals surface area (Å²) in [5.74, 6) is -0.151. The molecule has 4 rings (SSSR count). The Kier molecular flexibility index (Phi) is 6.58. The van der Waals surface area contributed by atoms with Crippen molar-refractivity contribution in [2.45, 2.75) is 39.5 Å². The van der Waals surface area contributed by atoms with Crippen molar-refractivity contribution in [3.05, 3.63) is 75.4 Å². The molecular weight excluding hydrogens is 470 g/mol. The molecule has 0 aliphatic carbocycles. The van der Waals surface area contributed by atoms with Crippen LogP contribution in [0, 0.1) is 6.92 Å². The van der Waals surface area contributed by atoms with E-state index in [1.807, 2.05) is 68.1 Å². The average Bonchev–Trinajstić information content (AvgIpc) is 2.76. The summed E-state index contributed by atoms with van der Waals surface area (Å²) < 4.78 is 6.61. The Hall–Kier alpha value is -2.77. The maximum Gasteiger partial charge on any atom is 0.254 e. The Bertz CT molecular complexity index is 1150. The third-order valence-corrected chi connectivity index (χ3v) is 6.00. The average molecular weight is 496 g/mol. The SMILES string of the molecule is Cc1cc(C(=O)NCc2ccc(C(=O)N3CC(C)OC(C)C3)cc2)c2cc(Br)ccc2n1. The number of morpholine rings is 1. The predicted molar refractivity (Wildman–Crippen MR) is 128 cm³/mol. The molecule has 1 saturated heterocycles. The summed E-state index contributed by atoms with van der Waals surface area (Å²) in [7, 11) is 0. The molecule has 1 N–H and O–H groups in total. The van der Waals surface area contributed by atoms with E-state index in [1.54, 1.807) is 6.07 Å². The second-order valence-corrected chi connectivity index (χ2v) is 9.24. The number of nitrogens with one attached hydrogen (secondary N) is 1. The molecule has 2 heterocycles. The van der Waals surface area contributed by atoms with Crippen LogP contribution in [0.1, 0.15) is 45.8 Å². The molecule has 1 aliphatic heterocycles. The number of hydrogen-bond donors (Lipinski definition) is 1. The number of aryl methyl sites for hydroxylation is 1. The van der Waals surface area contributed by atoms with Crippen LogP contribution in [0.15, 0.2) is 53.0 Å². The lowest BCUT2D eigenvalue weighted by Crippen LogP contribution is -2.48. The molecule has 1 aliphatic rings. The van der Waals surface area contributed by atoms with Crippen molar-refractivity contribution in [3.8, 4) is 0 Å². The maximum atomic E-state index is 12.9. The second kappa shape index (κ2) is 9.38. The van der Waals surface area contributed by atoms with Crippen molar-refractivity contribution in [1.29, 1.82) is 0 Å². The Labute approximate surface area is 196 Å². The topological polar surface area (TPSA) is 71.5 Å². The van der Waals surface area contributed by atoms with E-state index in [9.17, 15) is 9.59 Å². The fourth-order valence-corrected chi connectivity index (χ4v) is 4.45. The van der Waals surface area contributed by atoms with Crippen LogP contribution in [-0.4, -0.2) is 47.0 Å². The number of amides is 2. The van der Waals surface area contributed by atoms with E-state index in [4.69, 9.17) is 4.74 Å². The van der Waals surface area contributed by atoms with E-state index >= 15 is 0 Å². The third-order valence-electron chi connectivity index (χ3n) is 5.50. The molecule has 6 nitrogen and oxygen atoms in total. The molecule has 166 valence electrons. The van der Waals surface area contributed by atoms with E-state index < -0.39 is 0 Å². The highest BCUT2D eigenvalue weighted by Gasteiger charge is 2.26. The minimum atomic E-state index is -0.157. The van der Waals surface area contributed by atoms with Gasteiger partial charge in [-0.15, -0.1) is 0 Å². The van der Waals surface area contributed by atoms with Gasteiger partial charge in [-0.2, -0.15) is 0 Å². The standard InChI is InChI=1S/C25H26BrN3O3/c1-15-10-22(21-11-20(26)8-9-23(21)28-15)24(30)27-12-18-4-6-19(7-5-18)25(31)29-13-16(2)32-17(3)14-29/h4-11,16-17H,12-14H2,1-3H3,(H,27,30). The van der Waals surface area contributed by atoms with E-state index in [2.05, 4.69) is 26.2 Å². The molecule has 3 aromatic rings. The van der Waals surface area contributed by atoms with Crippen LogP contribution in [0.25, 0.3) is 10.9 Å². The van der Waals surface area contributed by atoms with Crippen LogP contribution in [0.3, 0.4) is 0 Å². The third kappa shape index (κ3) is 5.00. The lowest BCUT2D eigenvalue weighted by atomic mass is 10.1. The zero-order valence-electron chi connectivity index (χ0n) is 18.4. The molecule has 2 aromatic carbocycles. The van der Waals surface area contributed by atoms with Crippen LogP contribution in [0.2, 0.25) is 0 Å². The highest BCUT2D eigenvalue weighted by Crippen LogP contribution is 2.23. The summed E-state index contributed by atoms with van der Waals surface area (Å²) in [4.78, 5) is 32.1. The van der Waals surface area contributed by atoms with E-state index in [0.717, 1.165) is 26.6 Å². The lowest BCUT2D eigenvalue weighted by molar-refractivity contribution is -0.0586. The van der Waals surface area contributed by atoms with Crippen LogP contribution in [0.4, 0.5) is 0 Å². The minimum Gasteiger partial charge on any atom is -0.372 e. The van der Waals surface area contributed by atoms with Gasteiger partial charge in [-0.1, -0.05) is 28.1 Å². The van der Waals surface area contributed by atoms with Gasteiger partial charge in [0.15, 0.2) is 0 Å². The van der Waals surface area contributed by atoms with Gasteiger partial charge in [0.2, 0.25) is 0 Å². The molecule has 7 heteroatoms. The van der Waals surface area contributed by atoms with Crippen molar-refractivity contribution in [2.24, 2.45) is 0 Å². The van der Waals surface area contributed by atoms with Crippen LogP contribution < -0.4 is 5.32 Å². The number of fused-ring (bicyclic) bond motifs is 1. The Morgan fingerprint density at radius 2 is 1.78 bits per heavy atom. The van der Waals surface area contributed by atoms with E-state index in [-0.39, 0.29) is 24.0 Å². The first-order chi connectivity index (χ1) is 15.3. The van der Waals surface area contributed by atoms with E-state index in [1.165, 1.54) is 0 Å². The Balaban J connectivity index is 1.44. The number of hydrogen-bond acceptors (Lipinski definition) is 4. The molecule has 0 radical (unpaired) electrons. The van der Waals surface area contributed by atoms with Crippen LogP contribution >= 0.6 is 15.9 Å². The molecule has 1 aromatic heterocycles. The number of carbonyl (C=O) groups excluding carboxylic acids is 2. The number of nitrogens with zero attached hydrogens (tertiary/aromatic N) is 2.